The van der Waals surface area contributed by atoms with Crippen LogP contribution in [0.5, 0.6) is 0 Å². The van der Waals surface area contributed by atoms with E-state index in [9.17, 15) is 30.3 Å². The summed E-state index contributed by atoms with van der Waals surface area (Å²) < 4.78 is 11.3. The number of carbonyl (C=O) groups excluding carboxylic acids is 1. The SMILES string of the molecule is CCCCCCC/C=C\C/C=C\C/C=C\CCCCCCCCC(=O)NC(COC1OC(CO)C(O)C(O)C1O)C(O)/C=C/CC/C=C/CC/C=C/CCCCCCCCCCCCCCCCCCCCCC. The topological polar surface area (TPSA) is 149 Å². The van der Waals surface area contributed by atoms with Crippen molar-refractivity contribution in [3.8, 4) is 0 Å². The largest absolute Gasteiger partial charge is 0.394 e. The molecule has 7 atom stereocenters. The Kier molecular flexibility index (Phi) is 50.8. The maximum absolute atomic E-state index is 13.1. The Morgan fingerprint density at radius 1 is 0.459 bits per heavy atom. The van der Waals surface area contributed by atoms with E-state index in [0.29, 0.717) is 6.42 Å². The lowest BCUT2D eigenvalue weighted by molar-refractivity contribution is -0.302. The molecule has 74 heavy (non-hydrogen) atoms. The summed E-state index contributed by atoms with van der Waals surface area (Å²) in [5, 5.41) is 54.5. The van der Waals surface area contributed by atoms with E-state index in [-0.39, 0.29) is 12.5 Å². The van der Waals surface area contributed by atoms with E-state index in [2.05, 4.69) is 79.9 Å². The molecule has 0 aromatic heterocycles. The number of aliphatic hydroxyl groups is 5. The second-order valence-electron chi connectivity index (χ2n) is 21.5. The molecule has 0 saturated carbocycles. The molecule has 7 unspecified atom stereocenters. The number of hydrogen-bond acceptors (Lipinski definition) is 8. The van der Waals surface area contributed by atoms with Gasteiger partial charge in [0.2, 0.25) is 5.91 Å². The number of ether oxygens (including phenoxy) is 2. The molecule has 1 fully saturated rings. The van der Waals surface area contributed by atoms with Crippen LogP contribution in [0.4, 0.5) is 0 Å². The van der Waals surface area contributed by atoms with Crippen LogP contribution in [0.3, 0.4) is 0 Å². The maximum atomic E-state index is 13.1. The predicted molar refractivity (Wildman–Crippen MR) is 313 cm³/mol. The summed E-state index contributed by atoms with van der Waals surface area (Å²) >= 11 is 0. The molecule has 0 aromatic carbocycles. The first kappa shape index (κ1) is 69.6. The van der Waals surface area contributed by atoms with Gasteiger partial charge >= 0.3 is 0 Å². The molecule has 6 N–H and O–H groups in total. The van der Waals surface area contributed by atoms with E-state index in [1.165, 1.54) is 180 Å². The molecule has 0 aromatic rings. The highest BCUT2D eigenvalue weighted by Gasteiger charge is 2.44. The summed E-state index contributed by atoms with van der Waals surface area (Å²) in [6, 6.07) is -0.840. The van der Waals surface area contributed by atoms with Gasteiger partial charge in [0.05, 0.1) is 25.4 Å². The van der Waals surface area contributed by atoms with Crippen LogP contribution in [0, 0.1) is 0 Å². The second-order valence-corrected chi connectivity index (χ2v) is 21.5. The molecule has 0 aliphatic carbocycles. The van der Waals surface area contributed by atoms with Crippen LogP contribution >= 0.6 is 0 Å². The van der Waals surface area contributed by atoms with Gasteiger partial charge < -0.3 is 40.3 Å². The maximum Gasteiger partial charge on any atom is 0.220 e. The highest BCUT2D eigenvalue weighted by atomic mass is 16.7. The van der Waals surface area contributed by atoms with Crippen LogP contribution in [-0.4, -0.2) is 87.5 Å². The minimum atomic E-state index is -1.58. The van der Waals surface area contributed by atoms with Crippen LogP contribution < -0.4 is 5.32 Å². The van der Waals surface area contributed by atoms with Crippen molar-refractivity contribution in [2.24, 2.45) is 0 Å². The molecule has 0 spiro atoms. The Morgan fingerprint density at radius 2 is 0.811 bits per heavy atom. The standard InChI is InChI=1S/C65H117NO8/c1-3-5-7-9-11-13-15-17-19-21-23-25-26-27-28-29-30-31-32-33-35-36-38-40-42-44-46-48-50-52-54-59(68)58(57-73-65-64(72)63(71)62(70)60(56-67)74-65)66-61(69)55-53-51-49-47-45-43-41-39-37-34-24-22-20-18-16-14-12-10-8-6-4-2/h16,18,22,24,36-39,44,46,52,54,58-60,62-65,67-68,70-72H,3-15,17,19-21,23,25-35,40-43,45,47-51,53,55-57H2,1-2H3,(H,66,69)/b18-16-,24-22-,38-36+,39-37-,46-44+,54-52+. The molecule has 9 nitrogen and oxygen atoms in total. The third-order valence-corrected chi connectivity index (χ3v) is 14.5. The van der Waals surface area contributed by atoms with Crippen LogP contribution in [0.1, 0.15) is 277 Å². The number of carbonyl (C=O) groups is 1. The first-order chi connectivity index (χ1) is 36.3. The molecule has 0 bridgehead atoms. The fourth-order valence-electron chi connectivity index (χ4n) is 9.55. The molecule has 9 heteroatoms. The Balaban J connectivity index is 2.24. The Hall–Kier alpha value is -2.37. The zero-order chi connectivity index (χ0) is 53.6. The van der Waals surface area contributed by atoms with Gasteiger partial charge in [-0.05, 0) is 83.5 Å². The van der Waals surface area contributed by atoms with Crippen molar-refractivity contribution >= 4 is 5.91 Å². The smallest absolute Gasteiger partial charge is 0.220 e. The van der Waals surface area contributed by atoms with Crippen LogP contribution in [0.2, 0.25) is 0 Å². The van der Waals surface area contributed by atoms with E-state index >= 15 is 0 Å². The van der Waals surface area contributed by atoms with Crippen LogP contribution in [0.25, 0.3) is 0 Å². The first-order valence-corrected chi connectivity index (χ1v) is 31.2. The molecule has 1 aliphatic rings. The minimum absolute atomic E-state index is 0.203. The molecule has 0 radical (unpaired) electrons. The number of amides is 1. The quantitative estimate of drug-likeness (QED) is 0.0261. The summed E-state index contributed by atoms with van der Waals surface area (Å²) in [6.07, 6.45) is 68.4. The van der Waals surface area contributed by atoms with Gasteiger partial charge in [-0.15, -0.1) is 0 Å². The van der Waals surface area contributed by atoms with Gasteiger partial charge in [-0.2, -0.15) is 0 Å². The summed E-state index contributed by atoms with van der Waals surface area (Å²) in [5.41, 5.74) is 0. The molecule has 1 amide bonds. The Bertz CT molecular complexity index is 1390. The molecule has 1 aliphatic heterocycles. The Morgan fingerprint density at radius 3 is 1.23 bits per heavy atom. The van der Waals surface area contributed by atoms with Gasteiger partial charge in [-0.3, -0.25) is 4.79 Å². The average Bonchev–Trinajstić information content (AvgIpc) is 3.40. The van der Waals surface area contributed by atoms with Crippen LogP contribution in [0.15, 0.2) is 72.9 Å². The lowest BCUT2D eigenvalue weighted by Crippen LogP contribution is -2.60. The summed E-state index contributed by atoms with van der Waals surface area (Å²) in [7, 11) is 0. The number of hydrogen-bond donors (Lipinski definition) is 6. The summed E-state index contributed by atoms with van der Waals surface area (Å²) in [4.78, 5) is 13.1. The highest BCUT2D eigenvalue weighted by Crippen LogP contribution is 2.23. The Labute approximate surface area is 455 Å². The molecular formula is C65H117NO8. The molecule has 1 rings (SSSR count). The number of rotatable bonds is 53. The van der Waals surface area contributed by atoms with Crippen molar-refractivity contribution in [2.45, 2.75) is 320 Å². The van der Waals surface area contributed by atoms with Crippen molar-refractivity contribution in [1.82, 2.24) is 5.32 Å². The van der Waals surface area contributed by atoms with Gasteiger partial charge in [0.15, 0.2) is 6.29 Å². The number of unbranched alkanes of at least 4 members (excludes halogenated alkanes) is 33. The predicted octanol–water partition coefficient (Wildman–Crippen LogP) is 16.0. The molecule has 430 valence electrons. The third kappa shape index (κ3) is 42.7. The van der Waals surface area contributed by atoms with Crippen molar-refractivity contribution in [1.29, 1.82) is 0 Å². The number of aliphatic hydroxyl groups excluding tert-OH is 5. The minimum Gasteiger partial charge on any atom is -0.394 e. The fourth-order valence-corrected chi connectivity index (χ4v) is 9.55. The van der Waals surface area contributed by atoms with E-state index in [1.807, 2.05) is 6.08 Å². The highest BCUT2D eigenvalue weighted by molar-refractivity contribution is 5.76. The van der Waals surface area contributed by atoms with Crippen molar-refractivity contribution in [3.05, 3.63) is 72.9 Å². The molecular weight excluding hydrogens is 923 g/mol. The van der Waals surface area contributed by atoms with Gasteiger partial charge in [0.1, 0.15) is 24.4 Å². The van der Waals surface area contributed by atoms with E-state index < -0.39 is 49.5 Å². The number of allylic oxidation sites excluding steroid dienone is 11. The van der Waals surface area contributed by atoms with Crippen molar-refractivity contribution < 1.29 is 39.8 Å². The van der Waals surface area contributed by atoms with E-state index in [0.717, 1.165) is 77.0 Å². The van der Waals surface area contributed by atoms with E-state index in [1.54, 1.807) is 6.08 Å². The monoisotopic (exact) mass is 1040 g/mol. The average molecular weight is 1040 g/mol. The zero-order valence-electron chi connectivity index (χ0n) is 47.8. The fraction of sp³-hybridized carbons (Fsp3) is 0.800. The molecule has 1 saturated heterocycles. The third-order valence-electron chi connectivity index (χ3n) is 14.5. The van der Waals surface area contributed by atoms with Gasteiger partial charge in [0.25, 0.3) is 0 Å². The molecule has 1 heterocycles. The van der Waals surface area contributed by atoms with Crippen molar-refractivity contribution in [2.75, 3.05) is 13.2 Å². The lowest BCUT2D eigenvalue weighted by atomic mass is 9.99. The van der Waals surface area contributed by atoms with E-state index in [4.69, 9.17) is 9.47 Å². The summed E-state index contributed by atoms with van der Waals surface area (Å²) in [5.74, 6) is -0.203. The second kappa shape index (κ2) is 54.0. The van der Waals surface area contributed by atoms with Crippen LogP contribution in [-0.2, 0) is 14.3 Å². The normalized spacial score (nSPS) is 19.5. The van der Waals surface area contributed by atoms with Gasteiger partial charge in [-0.25, -0.2) is 0 Å². The van der Waals surface area contributed by atoms with Crippen molar-refractivity contribution in [3.63, 3.8) is 0 Å². The van der Waals surface area contributed by atoms with Gasteiger partial charge in [-0.1, -0.05) is 260 Å². The zero-order valence-corrected chi connectivity index (χ0v) is 47.8. The number of nitrogens with one attached hydrogen (secondary N) is 1. The lowest BCUT2D eigenvalue weighted by Gasteiger charge is -2.40. The first-order valence-electron chi connectivity index (χ1n) is 31.2. The summed E-state index contributed by atoms with van der Waals surface area (Å²) in [6.45, 7) is 3.76. The van der Waals surface area contributed by atoms with Gasteiger partial charge in [0, 0.05) is 6.42 Å².